The molecule has 8 heteroatoms. The summed E-state index contributed by atoms with van der Waals surface area (Å²) in [4.78, 5) is 15.9. The number of nitrogens with one attached hydrogen (secondary N) is 2. The molecule has 0 aliphatic rings. The maximum Gasteiger partial charge on any atom is 0.258 e. The van der Waals surface area contributed by atoms with Gasteiger partial charge in [0.2, 0.25) is 5.95 Å². The van der Waals surface area contributed by atoms with E-state index in [1.165, 1.54) is 19.5 Å². The summed E-state index contributed by atoms with van der Waals surface area (Å²) in [5.41, 5.74) is 0.326. The lowest BCUT2D eigenvalue weighted by Crippen LogP contribution is -2.13. The molecule has 2 rings (SSSR count). The highest BCUT2D eigenvalue weighted by Gasteiger charge is 2.16. The monoisotopic (exact) mass is 296 g/mol. The first-order valence-corrected chi connectivity index (χ1v) is 6.20. The summed E-state index contributed by atoms with van der Waals surface area (Å²) in [6.45, 7) is 2.28. The summed E-state index contributed by atoms with van der Waals surface area (Å²) in [6.07, 6.45) is 1.29. The number of methoxy groups -OCH3 is 1. The standard InChI is InChI=1S/C12H13ClN4O3/c1-3-20-10-8(13)4-7(5-9(10)19-2)11(18)16-12-14-6-15-17-12/h4-6H,3H2,1-2H3,(H2,14,15,16,17,18). The van der Waals surface area contributed by atoms with Crippen molar-refractivity contribution in [1.29, 1.82) is 0 Å². The number of aromatic amines is 1. The molecule has 0 saturated heterocycles. The predicted octanol–water partition coefficient (Wildman–Crippen LogP) is 2.12. The lowest BCUT2D eigenvalue weighted by atomic mass is 10.2. The molecule has 0 bridgehead atoms. The molecular formula is C12H13ClN4O3. The molecule has 1 aromatic heterocycles. The number of H-pyrrole nitrogens is 1. The molecule has 0 spiro atoms. The van der Waals surface area contributed by atoms with E-state index in [9.17, 15) is 4.79 Å². The van der Waals surface area contributed by atoms with Crippen molar-refractivity contribution in [3.63, 3.8) is 0 Å². The Morgan fingerprint density at radius 3 is 2.90 bits per heavy atom. The summed E-state index contributed by atoms with van der Waals surface area (Å²) < 4.78 is 10.6. The zero-order valence-electron chi connectivity index (χ0n) is 10.9. The van der Waals surface area contributed by atoms with E-state index in [-0.39, 0.29) is 11.9 Å². The first-order chi connectivity index (χ1) is 9.65. The van der Waals surface area contributed by atoms with Crippen molar-refractivity contribution >= 4 is 23.5 Å². The molecule has 2 N–H and O–H groups in total. The number of halogens is 1. The van der Waals surface area contributed by atoms with E-state index >= 15 is 0 Å². The predicted molar refractivity (Wildman–Crippen MR) is 73.5 cm³/mol. The minimum atomic E-state index is -0.384. The second-order valence-electron chi connectivity index (χ2n) is 3.71. The van der Waals surface area contributed by atoms with Gasteiger partial charge in [0, 0.05) is 5.56 Å². The number of benzene rings is 1. The Morgan fingerprint density at radius 2 is 2.30 bits per heavy atom. The third kappa shape index (κ3) is 3.00. The summed E-state index contributed by atoms with van der Waals surface area (Å²) in [5, 5.41) is 9.01. The zero-order chi connectivity index (χ0) is 14.5. The van der Waals surface area contributed by atoms with Crippen LogP contribution in [0.2, 0.25) is 5.02 Å². The molecule has 0 saturated carbocycles. The van der Waals surface area contributed by atoms with Gasteiger partial charge in [-0.2, -0.15) is 10.1 Å². The molecule has 0 radical (unpaired) electrons. The lowest BCUT2D eigenvalue weighted by molar-refractivity contribution is 0.102. The van der Waals surface area contributed by atoms with E-state index in [1.54, 1.807) is 6.07 Å². The number of anilines is 1. The fourth-order valence-corrected chi connectivity index (χ4v) is 1.85. The van der Waals surface area contributed by atoms with Gasteiger partial charge in [-0.3, -0.25) is 10.1 Å². The minimum Gasteiger partial charge on any atom is -0.493 e. The fourth-order valence-electron chi connectivity index (χ4n) is 1.58. The average molecular weight is 297 g/mol. The molecule has 2 aromatic rings. The molecule has 0 fully saturated rings. The second-order valence-corrected chi connectivity index (χ2v) is 4.12. The molecule has 0 aliphatic carbocycles. The van der Waals surface area contributed by atoms with Gasteiger partial charge in [-0.1, -0.05) is 11.6 Å². The van der Waals surface area contributed by atoms with Crippen LogP contribution in [0.25, 0.3) is 0 Å². The number of hydrogen-bond donors (Lipinski definition) is 2. The van der Waals surface area contributed by atoms with Crippen molar-refractivity contribution in [2.24, 2.45) is 0 Å². The van der Waals surface area contributed by atoms with Crippen LogP contribution in [0, 0.1) is 0 Å². The maximum atomic E-state index is 12.0. The van der Waals surface area contributed by atoms with E-state index in [0.29, 0.717) is 28.7 Å². The number of ether oxygens (including phenoxy) is 2. The van der Waals surface area contributed by atoms with Crippen molar-refractivity contribution in [3.8, 4) is 11.5 Å². The Morgan fingerprint density at radius 1 is 1.50 bits per heavy atom. The Hall–Kier alpha value is -2.28. The Kier molecular flexibility index (Phi) is 4.41. The third-order valence-electron chi connectivity index (χ3n) is 2.43. The topological polar surface area (TPSA) is 89.1 Å². The highest BCUT2D eigenvalue weighted by molar-refractivity contribution is 6.32. The molecule has 0 unspecified atom stereocenters. The molecule has 1 aromatic carbocycles. The van der Waals surface area contributed by atoms with Crippen molar-refractivity contribution in [2.75, 3.05) is 19.0 Å². The van der Waals surface area contributed by atoms with Gasteiger partial charge in [-0.15, -0.1) is 0 Å². The van der Waals surface area contributed by atoms with Crippen LogP contribution in [0.1, 0.15) is 17.3 Å². The van der Waals surface area contributed by atoms with Gasteiger partial charge in [-0.05, 0) is 19.1 Å². The normalized spacial score (nSPS) is 10.2. The van der Waals surface area contributed by atoms with Crippen LogP contribution in [0.15, 0.2) is 18.5 Å². The number of aromatic nitrogens is 3. The Balaban J connectivity index is 2.28. The van der Waals surface area contributed by atoms with Gasteiger partial charge in [-0.25, -0.2) is 5.10 Å². The second kappa shape index (κ2) is 6.25. The van der Waals surface area contributed by atoms with Crippen LogP contribution >= 0.6 is 11.6 Å². The van der Waals surface area contributed by atoms with E-state index in [1.807, 2.05) is 6.92 Å². The number of rotatable bonds is 5. The first-order valence-electron chi connectivity index (χ1n) is 5.82. The van der Waals surface area contributed by atoms with Crippen LogP contribution in [0.3, 0.4) is 0 Å². The van der Waals surface area contributed by atoms with Gasteiger partial charge < -0.3 is 9.47 Å². The van der Waals surface area contributed by atoms with Gasteiger partial charge in [0.05, 0.1) is 18.7 Å². The number of nitrogens with zero attached hydrogens (tertiary/aromatic N) is 2. The van der Waals surface area contributed by atoms with Gasteiger partial charge in [0.15, 0.2) is 11.5 Å². The van der Waals surface area contributed by atoms with Gasteiger partial charge >= 0.3 is 0 Å². The molecule has 106 valence electrons. The number of carbonyl (C=O) groups is 1. The highest BCUT2D eigenvalue weighted by atomic mass is 35.5. The largest absolute Gasteiger partial charge is 0.493 e. The summed E-state index contributed by atoms with van der Waals surface area (Å²) in [6, 6.07) is 3.04. The molecule has 7 nitrogen and oxygen atoms in total. The molecule has 1 heterocycles. The van der Waals surface area contributed by atoms with E-state index in [2.05, 4.69) is 20.5 Å². The molecule has 1 amide bonds. The van der Waals surface area contributed by atoms with E-state index in [0.717, 1.165) is 0 Å². The summed E-state index contributed by atoms with van der Waals surface area (Å²) >= 11 is 6.10. The Bertz CT molecular complexity index is 601. The van der Waals surface area contributed by atoms with Gasteiger partial charge in [0.25, 0.3) is 5.91 Å². The van der Waals surface area contributed by atoms with Crippen molar-refractivity contribution in [2.45, 2.75) is 6.92 Å². The van der Waals surface area contributed by atoms with E-state index < -0.39 is 0 Å². The Labute approximate surface area is 120 Å². The van der Waals surface area contributed by atoms with E-state index in [4.69, 9.17) is 21.1 Å². The van der Waals surface area contributed by atoms with Crippen molar-refractivity contribution in [1.82, 2.24) is 15.2 Å². The van der Waals surface area contributed by atoms with Crippen LogP contribution in [-0.2, 0) is 0 Å². The lowest BCUT2D eigenvalue weighted by Gasteiger charge is -2.12. The van der Waals surface area contributed by atoms with Crippen molar-refractivity contribution in [3.05, 3.63) is 29.0 Å². The molecular weight excluding hydrogens is 284 g/mol. The fraction of sp³-hybridized carbons (Fsp3) is 0.250. The quantitative estimate of drug-likeness (QED) is 0.882. The number of hydrogen-bond acceptors (Lipinski definition) is 5. The number of amides is 1. The minimum absolute atomic E-state index is 0.249. The van der Waals surface area contributed by atoms with Gasteiger partial charge in [0.1, 0.15) is 6.33 Å². The number of carbonyl (C=O) groups excluding carboxylic acids is 1. The molecule has 20 heavy (non-hydrogen) atoms. The molecule has 0 atom stereocenters. The van der Waals surface area contributed by atoms with Crippen LogP contribution in [-0.4, -0.2) is 34.8 Å². The third-order valence-corrected chi connectivity index (χ3v) is 2.71. The smallest absolute Gasteiger partial charge is 0.258 e. The first kappa shape index (κ1) is 14.1. The molecule has 0 aliphatic heterocycles. The summed E-state index contributed by atoms with van der Waals surface area (Å²) in [5.74, 6) is 0.666. The summed E-state index contributed by atoms with van der Waals surface area (Å²) in [7, 11) is 1.48. The SMILES string of the molecule is CCOc1c(Cl)cc(C(=O)Nc2ncn[nH]2)cc1OC. The van der Waals surface area contributed by atoms with Crippen molar-refractivity contribution < 1.29 is 14.3 Å². The van der Waals surface area contributed by atoms with Crippen LogP contribution in [0.4, 0.5) is 5.95 Å². The highest BCUT2D eigenvalue weighted by Crippen LogP contribution is 2.36. The van der Waals surface area contributed by atoms with Crippen LogP contribution in [0.5, 0.6) is 11.5 Å². The average Bonchev–Trinajstić information content (AvgIpc) is 2.93. The maximum absolute atomic E-state index is 12.0. The van der Waals surface area contributed by atoms with Crippen LogP contribution < -0.4 is 14.8 Å². The zero-order valence-corrected chi connectivity index (χ0v) is 11.7.